The van der Waals surface area contributed by atoms with Gasteiger partial charge in [-0.15, -0.1) is 0 Å². The number of aromatic amines is 1. The van der Waals surface area contributed by atoms with Crippen LogP contribution in [0.15, 0.2) is 30.5 Å². The Morgan fingerprint density at radius 1 is 1.09 bits per heavy atom. The van der Waals surface area contributed by atoms with Gasteiger partial charge in [-0.25, -0.2) is 0 Å². The van der Waals surface area contributed by atoms with Crippen LogP contribution in [0.5, 0.6) is 5.75 Å². The molecule has 1 aromatic carbocycles. The topological polar surface area (TPSA) is 62.4 Å². The van der Waals surface area contributed by atoms with Crippen molar-refractivity contribution in [3.05, 3.63) is 36.0 Å². The molecule has 2 N–H and O–H groups in total. The van der Waals surface area contributed by atoms with Crippen molar-refractivity contribution in [2.24, 2.45) is 5.92 Å². The normalized spacial score (nSPS) is 21.6. The van der Waals surface area contributed by atoms with E-state index in [2.05, 4.69) is 51.7 Å². The minimum atomic E-state index is 0.280. The molecule has 0 bridgehead atoms. The lowest BCUT2D eigenvalue weighted by Gasteiger charge is -2.35. The minimum Gasteiger partial charge on any atom is -0.490 e. The summed E-state index contributed by atoms with van der Waals surface area (Å²) in [5.74, 6) is 1.83. The highest BCUT2D eigenvalue weighted by molar-refractivity contribution is 5.63. The quantitative estimate of drug-likeness (QED) is 0.504. The molecule has 0 amide bonds. The van der Waals surface area contributed by atoms with Gasteiger partial charge in [-0.1, -0.05) is 32.1 Å². The van der Waals surface area contributed by atoms with Crippen LogP contribution in [0, 0.1) is 5.92 Å². The molecule has 2 fully saturated rings. The number of hydrogen-bond acceptors (Lipinski definition) is 5. The van der Waals surface area contributed by atoms with Crippen molar-refractivity contribution < 1.29 is 9.47 Å². The number of nitrogens with one attached hydrogen (secondary N) is 2. The van der Waals surface area contributed by atoms with E-state index in [9.17, 15) is 0 Å². The second kappa shape index (κ2) is 11.8. The van der Waals surface area contributed by atoms with E-state index >= 15 is 0 Å². The van der Waals surface area contributed by atoms with Crippen molar-refractivity contribution in [2.45, 2.75) is 70.1 Å². The third-order valence-electron chi connectivity index (χ3n) is 6.99. The summed E-state index contributed by atoms with van der Waals surface area (Å²) in [5.41, 5.74) is 3.35. The number of ether oxygens (including phenoxy) is 2. The predicted octanol–water partition coefficient (Wildman–Crippen LogP) is 4.62. The van der Waals surface area contributed by atoms with Gasteiger partial charge in [0.15, 0.2) is 0 Å². The van der Waals surface area contributed by atoms with Crippen molar-refractivity contribution in [2.75, 3.05) is 33.8 Å². The molecule has 6 nitrogen and oxygen atoms in total. The zero-order valence-electron chi connectivity index (χ0n) is 19.8. The molecule has 0 atom stereocenters. The predicted molar refractivity (Wildman–Crippen MR) is 129 cm³/mol. The van der Waals surface area contributed by atoms with Crippen LogP contribution in [-0.2, 0) is 11.3 Å². The summed E-state index contributed by atoms with van der Waals surface area (Å²) in [6.07, 6.45) is 13.0. The molecule has 2 aromatic rings. The van der Waals surface area contributed by atoms with Gasteiger partial charge in [-0.2, -0.15) is 5.10 Å². The van der Waals surface area contributed by atoms with E-state index in [1.165, 1.54) is 44.1 Å². The molecular weight excluding hydrogens is 400 g/mol. The molecule has 2 aliphatic carbocycles. The van der Waals surface area contributed by atoms with Gasteiger partial charge in [-0.05, 0) is 50.7 Å². The van der Waals surface area contributed by atoms with Gasteiger partial charge < -0.3 is 19.7 Å². The molecule has 0 saturated heterocycles. The number of rotatable bonds is 12. The Labute approximate surface area is 193 Å². The van der Waals surface area contributed by atoms with Crippen LogP contribution in [0.25, 0.3) is 11.3 Å². The van der Waals surface area contributed by atoms with E-state index in [1.807, 2.05) is 13.2 Å². The highest BCUT2D eigenvalue weighted by atomic mass is 16.5. The fourth-order valence-electron chi connectivity index (χ4n) is 4.87. The van der Waals surface area contributed by atoms with Crippen LogP contribution in [0.4, 0.5) is 0 Å². The zero-order valence-corrected chi connectivity index (χ0v) is 19.8. The maximum absolute atomic E-state index is 6.16. The molecule has 0 radical (unpaired) electrons. The summed E-state index contributed by atoms with van der Waals surface area (Å²) >= 11 is 0. The fourth-order valence-corrected chi connectivity index (χ4v) is 4.87. The molecular formula is C26H40N4O2. The van der Waals surface area contributed by atoms with E-state index in [0.717, 1.165) is 62.0 Å². The number of likely N-dealkylation sites (N-methyl/N-ethyl adjacent to an activating group) is 2. The first-order valence-electron chi connectivity index (χ1n) is 12.5. The number of hydrogen-bond donors (Lipinski definition) is 2. The van der Waals surface area contributed by atoms with Gasteiger partial charge in [-0.3, -0.25) is 5.10 Å². The number of H-pyrrole nitrogens is 1. The number of aromatic nitrogens is 2. The zero-order chi connectivity index (χ0) is 22.2. The average Bonchev–Trinajstić information content (AvgIpc) is 3.25. The Hall–Kier alpha value is -1.89. The Morgan fingerprint density at radius 2 is 1.88 bits per heavy atom. The average molecular weight is 441 g/mol. The molecule has 1 aromatic heterocycles. The molecule has 4 rings (SSSR count). The van der Waals surface area contributed by atoms with E-state index in [1.54, 1.807) is 0 Å². The summed E-state index contributed by atoms with van der Waals surface area (Å²) in [5, 5.41) is 10.7. The van der Waals surface area contributed by atoms with Crippen LogP contribution < -0.4 is 10.1 Å². The van der Waals surface area contributed by atoms with Crippen molar-refractivity contribution in [1.29, 1.82) is 0 Å². The smallest absolute Gasteiger partial charge is 0.119 e. The Morgan fingerprint density at radius 3 is 2.62 bits per heavy atom. The van der Waals surface area contributed by atoms with Crippen LogP contribution in [0.2, 0.25) is 0 Å². The lowest BCUT2D eigenvalue weighted by Crippen LogP contribution is -2.39. The summed E-state index contributed by atoms with van der Waals surface area (Å²) < 4.78 is 12.3. The fraction of sp³-hybridized carbons (Fsp3) is 0.654. The second-order valence-corrected chi connectivity index (χ2v) is 9.62. The van der Waals surface area contributed by atoms with Gasteiger partial charge in [0.2, 0.25) is 0 Å². The van der Waals surface area contributed by atoms with Crippen LogP contribution in [0.3, 0.4) is 0 Å². The van der Waals surface area contributed by atoms with Crippen LogP contribution in [-0.4, -0.2) is 61.1 Å². The van der Waals surface area contributed by atoms with Crippen molar-refractivity contribution in [3.63, 3.8) is 0 Å². The van der Waals surface area contributed by atoms with Gasteiger partial charge in [0.25, 0.3) is 0 Å². The van der Waals surface area contributed by atoms with E-state index in [0.29, 0.717) is 6.10 Å². The van der Waals surface area contributed by atoms with Gasteiger partial charge in [0.05, 0.1) is 11.8 Å². The van der Waals surface area contributed by atoms with Gasteiger partial charge >= 0.3 is 0 Å². The van der Waals surface area contributed by atoms with E-state index < -0.39 is 0 Å². The third-order valence-corrected chi connectivity index (χ3v) is 6.99. The molecule has 0 aliphatic heterocycles. The van der Waals surface area contributed by atoms with Crippen LogP contribution in [0.1, 0.15) is 56.9 Å². The highest BCUT2D eigenvalue weighted by Crippen LogP contribution is 2.31. The molecule has 6 heteroatoms. The molecule has 32 heavy (non-hydrogen) atoms. The lowest BCUT2D eigenvalue weighted by molar-refractivity contribution is -0.0645. The Balaban J connectivity index is 1.19. The Kier molecular flexibility index (Phi) is 8.60. The maximum atomic E-state index is 6.16. The molecule has 0 unspecified atom stereocenters. The summed E-state index contributed by atoms with van der Waals surface area (Å²) in [4.78, 5) is 2.30. The first-order chi connectivity index (χ1) is 15.7. The largest absolute Gasteiger partial charge is 0.490 e. The summed E-state index contributed by atoms with van der Waals surface area (Å²) in [6, 6.07) is 8.35. The molecule has 1 heterocycles. The first kappa shape index (κ1) is 23.3. The number of nitrogens with zero attached hydrogens (tertiary/aromatic N) is 2. The molecule has 0 spiro atoms. The van der Waals surface area contributed by atoms with Crippen LogP contribution >= 0.6 is 0 Å². The number of benzene rings is 1. The SMILES string of the molecule is CNCCN(C)Cc1c[nH]nc1-c1ccc(OC2CC(OCCC3CCCCC3)C2)cc1. The highest BCUT2D eigenvalue weighted by Gasteiger charge is 2.31. The van der Waals surface area contributed by atoms with Gasteiger partial charge in [0.1, 0.15) is 11.9 Å². The van der Waals surface area contributed by atoms with Crippen molar-refractivity contribution in [3.8, 4) is 17.0 Å². The summed E-state index contributed by atoms with van der Waals surface area (Å²) in [7, 11) is 4.12. The van der Waals surface area contributed by atoms with Crippen molar-refractivity contribution in [1.82, 2.24) is 20.4 Å². The molecule has 176 valence electrons. The monoisotopic (exact) mass is 440 g/mol. The summed E-state index contributed by atoms with van der Waals surface area (Å²) in [6.45, 7) is 3.77. The lowest BCUT2D eigenvalue weighted by atomic mass is 9.87. The van der Waals surface area contributed by atoms with E-state index in [-0.39, 0.29) is 6.10 Å². The minimum absolute atomic E-state index is 0.280. The molecule has 2 aliphatic rings. The van der Waals surface area contributed by atoms with Crippen molar-refractivity contribution >= 4 is 0 Å². The maximum Gasteiger partial charge on any atom is 0.119 e. The second-order valence-electron chi connectivity index (χ2n) is 9.62. The van der Waals surface area contributed by atoms with Gasteiger partial charge in [0, 0.05) is 56.4 Å². The standard InChI is InChI=1S/C26H40N4O2/c1-27-13-14-30(2)19-22-18-28-29-26(22)21-8-10-23(11-9-21)32-25-16-24(17-25)31-15-12-20-6-4-3-5-7-20/h8-11,18,20,24-25,27H,3-7,12-17,19H2,1-2H3,(H,28,29). The first-order valence-corrected chi connectivity index (χ1v) is 12.5. The third kappa shape index (κ3) is 6.56. The Bertz CT molecular complexity index is 794. The molecule has 2 saturated carbocycles. The van der Waals surface area contributed by atoms with E-state index in [4.69, 9.17) is 9.47 Å².